The maximum Gasteiger partial charge on any atom is 0.416 e. The lowest BCUT2D eigenvalue weighted by molar-refractivity contribution is -0.138. The van der Waals surface area contributed by atoms with E-state index >= 15 is 0 Å². The average molecular weight is 483 g/mol. The van der Waals surface area contributed by atoms with E-state index in [0.717, 1.165) is 43.2 Å². The zero-order valence-electron chi connectivity index (χ0n) is 20.2. The Morgan fingerprint density at radius 2 is 1.49 bits per heavy atom. The van der Waals surface area contributed by atoms with Crippen molar-refractivity contribution in [3.05, 3.63) is 106 Å². The number of carboxylic acids is 1. The van der Waals surface area contributed by atoms with E-state index in [1.165, 1.54) is 17.7 Å². The molecule has 0 saturated carbocycles. The third kappa shape index (κ3) is 9.23. The van der Waals surface area contributed by atoms with Crippen LogP contribution in [0.25, 0.3) is 0 Å². The number of aliphatic carboxylic acids is 1. The second-order valence-electron chi connectivity index (χ2n) is 9.45. The Kier molecular flexibility index (Phi) is 9.53. The number of carbonyl (C=O) groups is 1. The van der Waals surface area contributed by atoms with E-state index in [4.69, 9.17) is 5.11 Å². The summed E-state index contributed by atoms with van der Waals surface area (Å²) in [6.45, 7) is 1.70. The minimum atomic E-state index is -4.36. The van der Waals surface area contributed by atoms with Gasteiger partial charge in [0, 0.05) is 0 Å². The van der Waals surface area contributed by atoms with Gasteiger partial charge in [0.25, 0.3) is 0 Å². The normalized spacial score (nSPS) is 12.5. The Bertz CT molecular complexity index is 1090. The Hall–Kier alpha value is -3.08. The van der Waals surface area contributed by atoms with Crippen LogP contribution in [0.1, 0.15) is 59.1 Å². The van der Waals surface area contributed by atoms with Gasteiger partial charge in [-0.2, -0.15) is 13.2 Å². The van der Waals surface area contributed by atoms with Crippen molar-refractivity contribution in [2.75, 3.05) is 0 Å². The van der Waals surface area contributed by atoms with Crippen LogP contribution >= 0.6 is 0 Å². The van der Waals surface area contributed by atoms with Crippen molar-refractivity contribution in [3.63, 3.8) is 0 Å². The van der Waals surface area contributed by atoms with Gasteiger partial charge in [-0.15, -0.1) is 0 Å². The third-order valence-electron chi connectivity index (χ3n) is 6.28. The first-order chi connectivity index (χ1) is 16.7. The predicted octanol–water partition coefficient (Wildman–Crippen LogP) is 7.85. The maximum atomic E-state index is 13.4. The lowest BCUT2D eigenvalue weighted by Crippen LogP contribution is -2.12. The van der Waals surface area contributed by atoms with E-state index in [0.29, 0.717) is 24.0 Å². The minimum Gasteiger partial charge on any atom is -0.481 e. The molecule has 3 aromatic rings. The van der Waals surface area contributed by atoms with Gasteiger partial charge in [-0.1, -0.05) is 79.1 Å². The molecule has 3 aromatic carbocycles. The number of hydrogen-bond donors (Lipinski definition) is 1. The fourth-order valence-electron chi connectivity index (χ4n) is 4.71. The van der Waals surface area contributed by atoms with Gasteiger partial charge in [-0.25, -0.2) is 0 Å². The molecule has 0 fully saturated rings. The van der Waals surface area contributed by atoms with E-state index in [1.54, 1.807) is 13.0 Å². The van der Waals surface area contributed by atoms with Crippen LogP contribution < -0.4 is 0 Å². The lowest BCUT2D eigenvalue weighted by atomic mass is 9.86. The van der Waals surface area contributed by atoms with Crippen molar-refractivity contribution in [1.29, 1.82) is 0 Å². The molecular weight excluding hydrogens is 449 g/mol. The zero-order chi connectivity index (χ0) is 25.3. The van der Waals surface area contributed by atoms with Crippen molar-refractivity contribution in [1.82, 2.24) is 0 Å². The second-order valence-corrected chi connectivity index (χ2v) is 9.45. The molecule has 0 aliphatic heterocycles. The number of halogens is 3. The summed E-state index contributed by atoms with van der Waals surface area (Å²) < 4.78 is 40.1. The zero-order valence-corrected chi connectivity index (χ0v) is 20.2. The van der Waals surface area contributed by atoms with Crippen LogP contribution in [0, 0.1) is 12.8 Å². The SMILES string of the molecule is Cc1cc(CC(CCCCCc2ccccc2)Cc2cccc(CC(=O)O)c2)cc(C(F)(F)F)c1. The van der Waals surface area contributed by atoms with Crippen LogP contribution in [0.4, 0.5) is 13.2 Å². The molecule has 0 spiro atoms. The molecule has 1 N–H and O–H groups in total. The largest absolute Gasteiger partial charge is 0.481 e. The fraction of sp³-hybridized carbons (Fsp3) is 0.367. The highest BCUT2D eigenvalue weighted by molar-refractivity contribution is 5.70. The van der Waals surface area contributed by atoms with Gasteiger partial charge in [0.05, 0.1) is 12.0 Å². The maximum absolute atomic E-state index is 13.4. The van der Waals surface area contributed by atoms with E-state index in [1.807, 2.05) is 42.5 Å². The van der Waals surface area contributed by atoms with Gasteiger partial charge in [0.15, 0.2) is 0 Å². The molecule has 0 amide bonds. The highest BCUT2D eigenvalue weighted by Crippen LogP contribution is 2.32. The number of aryl methyl sites for hydroxylation is 2. The molecule has 0 radical (unpaired) electrons. The minimum absolute atomic E-state index is 0.0369. The Morgan fingerprint density at radius 1 is 0.800 bits per heavy atom. The van der Waals surface area contributed by atoms with Crippen molar-refractivity contribution in [3.8, 4) is 0 Å². The van der Waals surface area contributed by atoms with E-state index in [9.17, 15) is 18.0 Å². The number of carboxylic acid groups (broad SMARTS) is 1. The topological polar surface area (TPSA) is 37.3 Å². The summed E-state index contributed by atoms with van der Waals surface area (Å²) in [4.78, 5) is 11.1. The molecule has 1 unspecified atom stereocenters. The summed E-state index contributed by atoms with van der Waals surface area (Å²) in [6.07, 6.45) is 1.95. The van der Waals surface area contributed by atoms with E-state index in [-0.39, 0.29) is 12.3 Å². The van der Waals surface area contributed by atoms with E-state index in [2.05, 4.69) is 12.1 Å². The molecule has 186 valence electrons. The van der Waals surface area contributed by atoms with E-state index < -0.39 is 17.7 Å². The molecule has 0 saturated heterocycles. The van der Waals surface area contributed by atoms with Crippen LogP contribution in [-0.4, -0.2) is 11.1 Å². The van der Waals surface area contributed by atoms with Gasteiger partial charge in [-0.05, 0) is 79.3 Å². The van der Waals surface area contributed by atoms with Crippen LogP contribution in [-0.2, 0) is 36.7 Å². The second kappa shape index (κ2) is 12.6. The van der Waals surface area contributed by atoms with Crippen molar-refractivity contribution in [2.24, 2.45) is 5.92 Å². The summed E-state index contributed by atoms with van der Waals surface area (Å²) in [6, 6.07) is 22.2. The van der Waals surface area contributed by atoms with Crippen LogP contribution in [0.2, 0.25) is 0 Å². The number of benzene rings is 3. The Morgan fingerprint density at radius 3 is 2.20 bits per heavy atom. The Labute approximate surface area is 205 Å². The molecule has 0 bridgehead atoms. The summed E-state index contributed by atoms with van der Waals surface area (Å²) in [5.74, 6) is -0.703. The number of unbranched alkanes of at least 4 members (excludes halogenated alkanes) is 2. The molecule has 2 nitrogen and oxygen atoms in total. The average Bonchev–Trinajstić information content (AvgIpc) is 2.78. The van der Waals surface area contributed by atoms with Crippen molar-refractivity contribution < 1.29 is 23.1 Å². The molecular formula is C30H33F3O2. The molecule has 1 atom stereocenters. The molecule has 3 rings (SSSR count). The highest BCUT2D eigenvalue weighted by Gasteiger charge is 2.31. The number of alkyl halides is 3. The molecule has 35 heavy (non-hydrogen) atoms. The summed E-state index contributed by atoms with van der Waals surface area (Å²) in [5.41, 5.74) is 3.80. The summed E-state index contributed by atoms with van der Waals surface area (Å²) in [7, 11) is 0. The van der Waals surface area contributed by atoms with Crippen LogP contribution in [0.15, 0.2) is 72.8 Å². The third-order valence-corrected chi connectivity index (χ3v) is 6.28. The number of rotatable bonds is 12. The molecule has 0 aliphatic carbocycles. The van der Waals surface area contributed by atoms with Gasteiger partial charge in [0.2, 0.25) is 0 Å². The van der Waals surface area contributed by atoms with Gasteiger partial charge < -0.3 is 5.11 Å². The first-order valence-corrected chi connectivity index (χ1v) is 12.2. The molecule has 0 aromatic heterocycles. The van der Waals surface area contributed by atoms with Gasteiger partial charge >= 0.3 is 12.1 Å². The van der Waals surface area contributed by atoms with Crippen molar-refractivity contribution in [2.45, 2.75) is 64.5 Å². The smallest absolute Gasteiger partial charge is 0.416 e. The molecule has 5 heteroatoms. The predicted molar refractivity (Wildman–Crippen MR) is 133 cm³/mol. The first kappa shape index (κ1) is 26.5. The van der Waals surface area contributed by atoms with Gasteiger partial charge in [-0.3, -0.25) is 4.79 Å². The standard InChI is InChI=1S/C30H33F3O2/c1-22-15-27(20-28(16-22)30(31,32)33)19-24(12-7-3-6-11-23-9-4-2-5-10-23)17-25-13-8-14-26(18-25)21-29(34)35/h2,4-5,8-10,13-16,18,20,24H,3,6-7,11-12,17,19,21H2,1H3,(H,34,35). The first-order valence-electron chi connectivity index (χ1n) is 12.2. The fourth-order valence-corrected chi connectivity index (χ4v) is 4.71. The summed E-state index contributed by atoms with van der Waals surface area (Å²) in [5, 5.41) is 9.11. The van der Waals surface area contributed by atoms with Crippen molar-refractivity contribution >= 4 is 5.97 Å². The molecule has 0 aliphatic rings. The number of hydrogen-bond acceptors (Lipinski definition) is 1. The monoisotopic (exact) mass is 482 g/mol. The Balaban J connectivity index is 1.69. The quantitative estimate of drug-likeness (QED) is 0.267. The summed E-state index contributed by atoms with van der Waals surface area (Å²) >= 11 is 0. The van der Waals surface area contributed by atoms with Crippen LogP contribution in [0.5, 0.6) is 0 Å². The molecule has 0 heterocycles. The lowest BCUT2D eigenvalue weighted by Gasteiger charge is -2.19. The van der Waals surface area contributed by atoms with Gasteiger partial charge in [0.1, 0.15) is 0 Å². The van der Waals surface area contributed by atoms with Crippen LogP contribution in [0.3, 0.4) is 0 Å². The highest BCUT2D eigenvalue weighted by atomic mass is 19.4.